The largest absolute Gasteiger partial charge is 0.444 e. The van der Waals surface area contributed by atoms with Gasteiger partial charge in [0, 0.05) is 11.3 Å². The zero-order chi connectivity index (χ0) is 15.6. The second-order valence-electron chi connectivity index (χ2n) is 5.57. The van der Waals surface area contributed by atoms with Gasteiger partial charge in [-0.1, -0.05) is 12.1 Å². The number of amides is 1. The van der Waals surface area contributed by atoms with E-state index in [0.29, 0.717) is 5.56 Å². The molecule has 0 radical (unpaired) electrons. The molecular weight excluding hydrogens is 266 g/mol. The van der Waals surface area contributed by atoms with Crippen molar-refractivity contribution in [1.29, 1.82) is 0 Å². The highest BCUT2D eigenvalue weighted by Crippen LogP contribution is 2.30. The van der Waals surface area contributed by atoms with Crippen LogP contribution in [-0.4, -0.2) is 18.2 Å². The molecule has 0 saturated carbocycles. The Labute approximate surface area is 117 Å². The minimum atomic E-state index is -3.13. The van der Waals surface area contributed by atoms with E-state index in [1.165, 1.54) is 18.2 Å². The topological polar surface area (TPSA) is 64.3 Å². The van der Waals surface area contributed by atoms with Crippen LogP contribution >= 0.6 is 0 Å². The van der Waals surface area contributed by atoms with Gasteiger partial charge in [-0.25, -0.2) is 4.79 Å². The van der Waals surface area contributed by atoms with Crippen molar-refractivity contribution in [3.05, 3.63) is 29.3 Å². The van der Waals surface area contributed by atoms with Gasteiger partial charge in [0.15, 0.2) is 0 Å². The van der Waals surface area contributed by atoms with Gasteiger partial charge in [0.1, 0.15) is 5.60 Å². The number of halogens is 2. The van der Waals surface area contributed by atoms with Gasteiger partial charge in [-0.2, -0.15) is 8.78 Å². The number of carbonyl (C=O) groups is 1. The highest BCUT2D eigenvalue weighted by Gasteiger charge is 2.30. The van der Waals surface area contributed by atoms with Crippen LogP contribution in [0, 0.1) is 6.92 Å². The molecule has 0 aliphatic rings. The van der Waals surface area contributed by atoms with Crippen molar-refractivity contribution < 1.29 is 18.3 Å². The van der Waals surface area contributed by atoms with E-state index in [0.717, 1.165) is 0 Å². The summed E-state index contributed by atoms with van der Waals surface area (Å²) in [6.45, 7) is 6.08. The van der Waals surface area contributed by atoms with Crippen molar-refractivity contribution in [2.45, 2.75) is 39.2 Å². The molecule has 112 valence electrons. The lowest BCUT2D eigenvalue weighted by atomic mass is 10.0. The number of hydrogen-bond donors (Lipinski definition) is 2. The summed E-state index contributed by atoms with van der Waals surface area (Å²) in [6.07, 6.45) is -0.686. The van der Waals surface area contributed by atoms with Crippen molar-refractivity contribution in [2.75, 3.05) is 11.9 Å². The van der Waals surface area contributed by atoms with E-state index in [1.54, 1.807) is 27.7 Å². The van der Waals surface area contributed by atoms with Gasteiger partial charge in [0.25, 0.3) is 5.92 Å². The first-order valence-electron chi connectivity index (χ1n) is 6.24. The molecule has 1 aromatic rings. The van der Waals surface area contributed by atoms with E-state index in [4.69, 9.17) is 10.5 Å². The first kappa shape index (κ1) is 16.4. The zero-order valence-corrected chi connectivity index (χ0v) is 12.1. The third-order valence-electron chi connectivity index (χ3n) is 2.55. The molecule has 6 heteroatoms. The maximum atomic E-state index is 13.5. The van der Waals surface area contributed by atoms with Gasteiger partial charge >= 0.3 is 6.09 Å². The number of nitrogens with one attached hydrogen (secondary N) is 1. The molecule has 0 spiro atoms. The number of ether oxygens (including phenoxy) is 1. The van der Waals surface area contributed by atoms with Crippen LogP contribution in [0.5, 0.6) is 0 Å². The Morgan fingerprint density at radius 2 is 1.95 bits per heavy atom. The molecule has 1 rings (SSSR count). The van der Waals surface area contributed by atoms with E-state index >= 15 is 0 Å². The Balaban J connectivity index is 2.96. The molecule has 4 nitrogen and oxygen atoms in total. The van der Waals surface area contributed by atoms with Crippen LogP contribution in [0.4, 0.5) is 19.3 Å². The average molecular weight is 286 g/mol. The molecule has 0 fully saturated rings. The molecule has 3 N–H and O–H groups in total. The summed E-state index contributed by atoms with van der Waals surface area (Å²) in [6, 6.07) is 4.01. The van der Waals surface area contributed by atoms with Crippen LogP contribution in [0.15, 0.2) is 18.2 Å². The maximum absolute atomic E-state index is 13.5. The minimum absolute atomic E-state index is 0.239. The number of benzene rings is 1. The SMILES string of the molecule is Cc1ccc(C(F)(F)CN)cc1NC(=O)OC(C)(C)C. The maximum Gasteiger partial charge on any atom is 0.412 e. The lowest BCUT2D eigenvalue weighted by Gasteiger charge is -2.21. The molecule has 0 aliphatic carbocycles. The third kappa shape index (κ3) is 4.45. The molecule has 0 aliphatic heterocycles. The summed E-state index contributed by atoms with van der Waals surface area (Å²) in [5.41, 5.74) is 5.10. The lowest BCUT2D eigenvalue weighted by Crippen LogP contribution is -2.28. The molecule has 20 heavy (non-hydrogen) atoms. The van der Waals surface area contributed by atoms with E-state index in [2.05, 4.69) is 5.32 Å². The highest BCUT2D eigenvalue weighted by atomic mass is 19.3. The van der Waals surface area contributed by atoms with Crippen LogP contribution in [0.3, 0.4) is 0 Å². The van der Waals surface area contributed by atoms with Crippen molar-refractivity contribution >= 4 is 11.8 Å². The summed E-state index contributed by atoms with van der Waals surface area (Å²) in [4.78, 5) is 11.7. The Hall–Kier alpha value is -1.69. The fraction of sp³-hybridized carbons (Fsp3) is 0.500. The number of rotatable bonds is 3. The fourth-order valence-corrected chi connectivity index (χ4v) is 1.52. The van der Waals surface area contributed by atoms with Gasteiger partial charge in [-0.3, -0.25) is 5.32 Å². The van der Waals surface area contributed by atoms with Crippen LogP contribution in [0.25, 0.3) is 0 Å². The Bertz CT molecular complexity index is 496. The van der Waals surface area contributed by atoms with Crippen molar-refractivity contribution in [1.82, 2.24) is 0 Å². The number of carbonyl (C=O) groups excluding carboxylic acids is 1. The van der Waals surface area contributed by atoms with Crippen molar-refractivity contribution in [2.24, 2.45) is 5.73 Å². The highest BCUT2D eigenvalue weighted by molar-refractivity contribution is 5.86. The first-order valence-corrected chi connectivity index (χ1v) is 6.24. The van der Waals surface area contributed by atoms with Gasteiger partial charge in [0.05, 0.1) is 6.54 Å². The molecule has 0 aromatic heterocycles. The normalized spacial score (nSPS) is 12.2. The number of anilines is 1. The van der Waals surface area contributed by atoms with Gasteiger partial charge in [-0.05, 0) is 39.3 Å². The van der Waals surface area contributed by atoms with Crippen LogP contribution < -0.4 is 11.1 Å². The zero-order valence-electron chi connectivity index (χ0n) is 12.1. The van der Waals surface area contributed by atoms with E-state index < -0.39 is 24.2 Å². The fourth-order valence-electron chi connectivity index (χ4n) is 1.52. The first-order chi connectivity index (χ1) is 9.05. The summed E-state index contributed by atoms with van der Waals surface area (Å²) in [5, 5.41) is 2.47. The number of nitrogens with two attached hydrogens (primary N) is 1. The van der Waals surface area contributed by atoms with E-state index in [9.17, 15) is 13.6 Å². The molecule has 1 aromatic carbocycles. The molecular formula is C14H20F2N2O2. The van der Waals surface area contributed by atoms with Gasteiger partial charge in [-0.15, -0.1) is 0 Å². The molecule has 1 amide bonds. The second kappa shape index (κ2) is 5.75. The average Bonchev–Trinajstić information content (AvgIpc) is 2.29. The second-order valence-corrected chi connectivity index (χ2v) is 5.57. The number of hydrogen-bond acceptors (Lipinski definition) is 3. The van der Waals surface area contributed by atoms with Crippen LogP contribution in [0.2, 0.25) is 0 Å². The molecule has 0 saturated heterocycles. The smallest absolute Gasteiger partial charge is 0.412 e. The quantitative estimate of drug-likeness (QED) is 0.895. The predicted molar refractivity (Wildman–Crippen MR) is 74.0 cm³/mol. The molecule has 0 heterocycles. The Kier molecular flexibility index (Phi) is 4.70. The summed E-state index contributed by atoms with van der Waals surface area (Å²) >= 11 is 0. The molecule has 0 atom stereocenters. The number of alkyl halides is 2. The van der Waals surface area contributed by atoms with Gasteiger partial charge < -0.3 is 10.5 Å². The standard InChI is InChI=1S/C14H20F2N2O2/c1-9-5-6-10(14(15,16)8-17)7-11(9)18-12(19)20-13(2,3)4/h5-7H,8,17H2,1-4H3,(H,18,19). The number of aryl methyl sites for hydroxylation is 1. The lowest BCUT2D eigenvalue weighted by molar-refractivity contribution is 0.00595. The van der Waals surface area contributed by atoms with Crippen molar-refractivity contribution in [3.8, 4) is 0 Å². The molecule has 0 unspecified atom stereocenters. The Morgan fingerprint density at radius 1 is 1.35 bits per heavy atom. The monoisotopic (exact) mass is 286 g/mol. The van der Waals surface area contributed by atoms with E-state index in [-0.39, 0.29) is 11.3 Å². The third-order valence-corrected chi connectivity index (χ3v) is 2.55. The molecule has 0 bridgehead atoms. The minimum Gasteiger partial charge on any atom is -0.444 e. The Morgan fingerprint density at radius 3 is 2.45 bits per heavy atom. The van der Waals surface area contributed by atoms with E-state index in [1.807, 2.05) is 0 Å². The van der Waals surface area contributed by atoms with Gasteiger partial charge in [0.2, 0.25) is 0 Å². The van der Waals surface area contributed by atoms with Crippen LogP contribution in [0.1, 0.15) is 31.9 Å². The van der Waals surface area contributed by atoms with Crippen molar-refractivity contribution in [3.63, 3.8) is 0 Å². The summed E-state index contributed by atoms with van der Waals surface area (Å²) in [5.74, 6) is -3.13. The summed E-state index contributed by atoms with van der Waals surface area (Å²) in [7, 11) is 0. The predicted octanol–water partition coefficient (Wildman–Crippen LogP) is 3.39. The summed E-state index contributed by atoms with van der Waals surface area (Å²) < 4.78 is 32.2. The van der Waals surface area contributed by atoms with Crippen LogP contribution in [-0.2, 0) is 10.7 Å².